The van der Waals surface area contributed by atoms with Gasteiger partial charge in [-0.15, -0.1) is 0 Å². The summed E-state index contributed by atoms with van der Waals surface area (Å²) >= 11 is 0. The number of ether oxygens (including phenoxy) is 3. The van der Waals surface area contributed by atoms with Gasteiger partial charge in [-0.25, -0.2) is 9.59 Å². The molecule has 0 aromatic heterocycles. The van der Waals surface area contributed by atoms with Gasteiger partial charge in [0, 0.05) is 11.1 Å². The second-order valence-corrected chi connectivity index (χ2v) is 7.27. The van der Waals surface area contributed by atoms with Crippen LogP contribution in [0.2, 0.25) is 0 Å². The van der Waals surface area contributed by atoms with Crippen LogP contribution in [0.1, 0.15) is 33.6 Å². The molecular weight excluding hydrogens is 391 g/mol. The fourth-order valence-corrected chi connectivity index (χ4v) is 2.08. The zero-order valence-corrected chi connectivity index (χ0v) is 15.9. The van der Waals surface area contributed by atoms with Crippen LogP contribution in [0, 0.1) is 5.41 Å². The summed E-state index contributed by atoms with van der Waals surface area (Å²) in [4.78, 5) is 35.7. The minimum absolute atomic E-state index is 0. The van der Waals surface area contributed by atoms with Gasteiger partial charge in [-0.3, -0.25) is 9.35 Å². The molecule has 0 aliphatic carbocycles. The molecule has 0 fully saturated rings. The molecule has 0 heterocycles. The average Bonchev–Trinajstić information content (AvgIpc) is 2.53. The van der Waals surface area contributed by atoms with Crippen LogP contribution in [0.15, 0.2) is 24.3 Å². The van der Waals surface area contributed by atoms with Gasteiger partial charge in [0.2, 0.25) is 5.94 Å². The molecule has 27 heavy (non-hydrogen) atoms. The molecule has 0 saturated heterocycles. The second kappa shape index (κ2) is 12.3. The third-order valence-electron chi connectivity index (χ3n) is 3.16. The molecule has 1 N–H and O–H groups in total. The number of esters is 3. The monoisotopic (exact) mass is 416 g/mol. The van der Waals surface area contributed by atoms with Gasteiger partial charge >= 0.3 is 57.6 Å². The van der Waals surface area contributed by atoms with Gasteiger partial charge in [0.05, 0.1) is 0 Å². The molecule has 0 rings (SSSR count). The summed E-state index contributed by atoms with van der Waals surface area (Å²) in [6.07, 6.45) is 0.459. The second-order valence-electron chi connectivity index (χ2n) is 5.87. The third-order valence-corrected chi connectivity index (χ3v) is 3.57. The molecule has 0 atom stereocenters. The first-order chi connectivity index (χ1) is 11.8. The van der Waals surface area contributed by atoms with Crippen molar-refractivity contribution in [3.63, 3.8) is 0 Å². The van der Waals surface area contributed by atoms with Gasteiger partial charge in [-0.05, 0) is 20.3 Å². The van der Waals surface area contributed by atoms with Crippen molar-refractivity contribution in [2.45, 2.75) is 33.6 Å². The van der Waals surface area contributed by atoms with Gasteiger partial charge in [0.1, 0.15) is 18.6 Å². The van der Waals surface area contributed by atoms with Gasteiger partial charge in [-0.2, -0.15) is 8.42 Å². The molecule has 0 aromatic carbocycles. The van der Waals surface area contributed by atoms with E-state index in [9.17, 15) is 22.8 Å². The number of rotatable bonds is 11. The van der Waals surface area contributed by atoms with Crippen LogP contribution in [0.4, 0.5) is 0 Å². The summed E-state index contributed by atoms with van der Waals surface area (Å²) in [6, 6.07) is 0. The molecule has 0 radical (unpaired) electrons. The topological polar surface area (TPSA) is 133 Å². The van der Waals surface area contributed by atoms with Gasteiger partial charge in [0.15, 0.2) is 0 Å². The maximum absolute atomic E-state index is 12.4. The van der Waals surface area contributed by atoms with Crippen molar-refractivity contribution in [3.05, 3.63) is 24.3 Å². The number of carbonyl (C=O) groups is 3. The zero-order valence-electron chi connectivity index (χ0n) is 15.1. The summed E-state index contributed by atoms with van der Waals surface area (Å²) in [5, 5.41) is 0. The number of carbonyl (C=O) groups excluding carboxylic acids is 3. The molecule has 0 saturated carbocycles. The fourth-order valence-electron chi connectivity index (χ4n) is 1.82. The third kappa shape index (κ3) is 10.6. The minimum atomic E-state index is -4.57. The van der Waals surface area contributed by atoms with Crippen molar-refractivity contribution in [2.75, 3.05) is 19.2 Å². The SMILES string of the molecule is C=C(C)C(=O)OCC(CCC)(COC(=O)C(=C)C)C(=O)OCS(=O)(=O)O.[NaH]. The Bertz CT molecular complexity index is 652. The van der Waals surface area contributed by atoms with E-state index in [1.54, 1.807) is 6.92 Å². The Labute approximate surface area is 181 Å². The predicted octanol–water partition coefficient (Wildman–Crippen LogP) is 0.752. The average molecular weight is 416 g/mol. The van der Waals surface area contributed by atoms with Crippen LogP contribution < -0.4 is 0 Å². The Balaban J connectivity index is 0. The normalized spacial score (nSPS) is 11.0. The van der Waals surface area contributed by atoms with Crippen molar-refractivity contribution >= 4 is 57.6 Å². The van der Waals surface area contributed by atoms with E-state index in [0.29, 0.717) is 6.42 Å². The molecule has 9 nitrogen and oxygen atoms in total. The molecule has 0 amide bonds. The van der Waals surface area contributed by atoms with Crippen LogP contribution in [0.3, 0.4) is 0 Å². The molecule has 0 spiro atoms. The molecule has 0 unspecified atom stereocenters. The summed E-state index contributed by atoms with van der Waals surface area (Å²) in [5.41, 5.74) is -1.48. The Morgan fingerprint density at radius 1 is 0.963 bits per heavy atom. The first-order valence-electron chi connectivity index (χ1n) is 7.62. The van der Waals surface area contributed by atoms with E-state index in [-0.39, 0.29) is 47.1 Å². The molecule has 0 aliphatic heterocycles. The summed E-state index contributed by atoms with van der Waals surface area (Å²) in [5.74, 6) is -3.93. The summed E-state index contributed by atoms with van der Waals surface area (Å²) in [7, 11) is -4.57. The van der Waals surface area contributed by atoms with Gasteiger partial charge in [-0.1, -0.05) is 26.5 Å². The Hall–Kier alpha value is -1.20. The van der Waals surface area contributed by atoms with Crippen molar-refractivity contribution in [2.24, 2.45) is 5.41 Å². The number of hydrogen-bond acceptors (Lipinski definition) is 8. The van der Waals surface area contributed by atoms with E-state index < -0.39 is 52.6 Å². The first kappa shape index (κ1) is 28.0. The number of hydrogen-bond donors (Lipinski definition) is 1. The first-order valence-corrected chi connectivity index (χ1v) is 9.23. The molecule has 0 aliphatic rings. The van der Waals surface area contributed by atoms with E-state index in [0.717, 1.165) is 0 Å². The molecule has 0 aromatic rings. The maximum atomic E-state index is 12.4. The van der Waals surface area contributed by atoms with Crippen LogP contribution in [0.25, 0.3) is 0 Å². The standard InChI is InChI=1S/C16H24O9S.Na.H/c1-6-7-16(8-23-13(17)11(2)3,9-24-14(18)12(4)5)15(19)25-10-26(20,21)22;;/h2,4,6-10H2,1,3,5H3,(H,20,21,22);;. The molecule has 0 bridgehead atoms. The van der Waals surface area contributed by atoms with Gasteiger partial charge < -0.3 is 14.2 Å². The Kier molecular flexibility index (Phi) is 12.8. The zero-order chi connectivity index (χ0) is 20.5. The van der Waals surface area contributed by atoms with E-state index in [2.05, 4.69) is 17.9 Å². The van der Waals surface area contributed by atoms with Crippen LogP contribution in [-0.4, -0.2) is 79.6 Å². The van der Waals surface area contributed by atoms with Crippen molar-refractivity contribution in [3.8, 4) is 0 Å². The summed E-state index contributed by atoms with van der Waals surface area (Å²) < 4.78 is 45.0. The van der Waals surface area contributed by atoms with Crippen LogP contribution in [-0.2, 0) is 38.7 Å². The molecule has 150 valence electrons. The van der Waals surface area contributed by atoms with Crippen LogP contribution in [0.5, 0.6) is 0 Å². The Morgan fingerprint density at radius 2 is 1.37 bits per heavy atom. The van der Waals surface area contributed by atoms with Crippen LogP contribution >= 0.6 is 0 Å². The van der Waals surface area contributed by atoms with Crippen molar-refractivity contribution in [1.29, 1.82) is 0 Å². The van der Waals surface area contributed by atoms with E-state index >= 15 is 0 Å². The Morgan fingerprint density at radius 3 is 1.67 bits per heavy atom. The van der Waals surface area contributed by atoms with Crippen molar-refractivity contribution in [1.82, 2.24) is 0 Å². The predicted molar refractivity (Wildman–Crippen MR) is 98.5 cm³/mol. The van der Waals surface area contributed by atoms with Crippen molar-refractivity contribution < 1.29 is 41.6 Å². The molecular formula is C16H25NaO9S. The molecule has 11 heteroatoms. The van der Waals surface area contributed by atoms with E-state index in [1.165, 1.54) is 13.8 Å². The van der Waals surface area contributed by atoms with E-state index in [4.69, 9.17) is 14.0 Å². The summed E-state index contributed by atoms with van der Waals surface area (Å²) in [6.45, 7) is 10.3. The fraction of sp³-hybridized carbons (Fsp3) is 0.562. The van der Waals surface area contributed by atoms with E-state index in [1.807, 2.05) is 0 Å². The van der Waals surface area contributed by atoms with Gasteiger partial charge in [0.25, 0.3) is 0 Å². The quantitative estimate of drug-likeness (QED) is 0.170.